The minimum atomic E-state index is -3.84. The first kappa shape index (κ1) is 22.8. The summed E-state index contributed by atoms with van der Waals surface area (Å²) in [5.74, 6) is -1.34. The number of rotatable bonds is 8. The van der Waals surface area contributed by atoms with Crippen molar-refractivity contribution in [3.63, 3.8) is 0 Å². The van der Waals surface area contributed by atoms with Gasteiger partial charge >= 0.3 is 0 Å². The van der Waals surface area contributed by atoms with Crippen molar-refractivity contribution < 1.29 is 27.5 Å². The lowest BCUT2D eigenvalue weighted by molar-refractivity contribution is -0.126. The van der Waals surface area contributed by atoms with E-state index in [1.807, 2.05) is 0 Å². The third-order valence-electron chi connectivity index (χ3n) is 4.78. The molecule has 1 aromatic carbocycles. The topological polar surface area (TPSA) is 136 Å². The Hall–Kier alpha value is -2.46. The van der Waals surface area contributed by atoms with Gasteiger partial charge in [-0.05, 0) is 43.5 Å². The largest absolute Gasteiger partial charge is 0.497 e. The van der Waals surface area contributed by atoms with Crippen molar-refractivity contribution in [3.8, 4) is 5.75 Å². The van der Waals surface area contributed by atoms with E-state index in [0.717, 1.165) is 4.31 Å². The monoisotopic (exact) mass is 424 g/mol. The molecular formula is C19H26N3O6S. The van der Waals surface area contributed by atoms with E-state index in [-0.39, 0.29) is 30.2 Å². The van der Waals surface area contributed by atoms with Crippen molar-refractivity contribution in [1.82, 2.24) is 9.62 Å². The Morgan fingerprint density at radius 1 is 1.34 bits per heavy atom. The number of ketones is 1. The average Bonchev–Trinajstić information content (AvgIpc) is 2.88. The summed E-state index contributed by atoms with van der Waals surface area (Å²) in [5.41, 5.74) is 5.16. The number of ether oxygens (including phenoxy) is 1. The lowest BCUT2D eigenvalue weighted by Crippen LogP contribution is -2.44. The highest BCUT2D eigenvalue weighted by atomic mass is 32.2. The highest BCUT2D eigenvalue weighted by molar-refractivity contribution is 7.89. The predicted molar refractivity (Wildman–Crippen MR) is 105 cm³/mol. The number of sulfonamides is 1. The number of benzene rings is 1. The maximum absolute atomic E-state index is 12.9. The molecule has 0 aliphatic carbocycles. The third kappa shape index (κ3) is 6.01. The van der Waals surface area contributed by atoms with E-state index in [9.17, 15) is 22.8 Å². The number of nitrogens with zero attached hydrogens (tertiary/aromatic N) is 1. The fraction of sp³-hybridized carbons (Fsp3) is 0.474. The van der Waals surface area contributed by atoms with Crippen molar-refractivity contribution in [2.75, 3.05) is 20.2 Å². The number of nitrogens with one attached hydrogen (secondary N) is 1. The maximum atomic E-state index is 12.9. The molecule has 1 radical (unpaired) electrons. The molecule has 2 amide bonds. The standard InChI is InChI=1S/C19H26N3O6S/c1-13(19(20)25)5-10-18(24)21-16-4-3-11-22(12-17(16)23)29(26,27)15-8-6-14(28-2)7-9-15/h6-10,13,16H,3-5,11-12H2,1-2H3,(H2,20,25)(H,21,24)/t13?,16-/m0/s1. The van der Waals surface area contributed by atoms with Gasteiger partial charge < -0.3 is 15.8 Å². The average molecular weight is 424 g/mol. The predicted octanol–water partition coefficient (Wildman–Crippen LogP) is 0.249. The van der Waals surface area contributed by atoms with Gasteiger partial charge in [0.25, 0.3) is 0 Å². The molecule has 0 spiro atoms. The fourth-order valence-corrected chi connectivity index (χ4v) is 4.33. The summed E-state index contributed by atoms with van der Waals surface area (Å²) in [6.45, 7) is 1.46. The van der Waals surface area contributed by atoms with E-state index >= 15 is 0 Å². The minimum Gasteiger partial charge on any atom is -0.497 e. The molecule has 159 valence electrons. The van der Waals surface area contributed by atoms with Crippen LogP contribution in [0.5, 0.6) is 5.75 Å². The number of methoxy groups -OCH3 is 1. The number of amides is 2. The SMILES string of the molecule is COc1ccc(S(=O)(=O)N2CCC[C@H](NC(=O)[CH]CC(C)C(N)=O)C(=O)C2)cc1. The zero-order valence-corrected chi connectivity index (χ0v) is 17.3. The van der Waals surface area contributed by atoms with Crippen molar-refractivity contribution in [3.05, 3.63) is 30.7 Å². The second-order valence-corrected chi connectivity index (χ2v) is 8.87. The van der Waals surface area contributed by atoms with Crippen LogP contribution < -0.4 is 15.8 Å². The van der Waals surface area contributed by atoms with E-state index in [4.69, 9.17) is 10.5 Å². The van der Waals surface area contributed by atoms with E-state index in [0.29, 0.717) is 18.6 Å². The maximum Gasteiger partial charge on any atom is 0.243 e. The zero-order chi connectivity index (χ0) is 21.6. The van der Waals surface area contributed by atoms with E-state index in [1.165, 1.54) is 25.7 Å². The molecule has 1 aliphatic rings. The van der Waals surface area contributed by atoms with Crippen LogP contribution in [0.15, 0.2) is 29.2 Å². The second kappa shape index (κ2) is 9.84. The number of Topliss-reactive ketones (excluding diaryl/α,β-unsaturated/α-hetero) is 1. The van der Waals surface area contributed by atoms with Crippen LogP contribution in [0.25, 0.3) is 0 Å². The quantitative estimate of drug-likeness (QED) is 0.614. The van der Waals surface area contributed by atoms with Gasteiger partial charge in [-0.2, -0.15) is 4.31 Å². The molecule has 1 aliphatic heterocycles. The molecule has 0 aromatic heterocycles. The Bertz CT molecular complexity index is 853. The van der Waals surface area contributed by atoms with Crippen LogP contribution in [0.3, 0.4) is 0 Å². The smallest absolute Gasteiger partial charge is 0.243 e. The first-order valence-corrected chi connectivity index (χ1v) is 10.7. The Morgan fingerprint density at radius 3 is 2.59 bits per heavy atom. The number of hydrogen-bond donors (Lipinski definition) is 2. The zero-order valence-electron chi connectivity index (χ0n) is 16.5. The molecular weight excluding hydrogens is 398 g/mol. The summed E-state index contributed by atoms with van der Waals surface area (Å²) >= 11 is 0. The Kier molecular flexibility index (Phi) is 7.74. The van der Waals surface area contributed by atoms with Gasteiger partial charge in [-0.1, -0.05) is 6.92 Å². The molecule has 10 heteroatoms. The molecule has 29 heavy (non-hydrogen) atoms. The van der Waals surface area contributed by atoms with Crippen molar-refractivity contribution in [1.29, 1.82) is 0 Å². The highest BCUT2D eigenvalue weighted by Crippen LogP contribution is 2.22. The number of primary amides is 1. The minimum absolute atomic E-state index is 0.0716. The van der Waals surface area contributed by atoms with Gasteiger partial charge in [0.05, 0.1) is 31.0 Å². The van der Waals surface area contributed by atoms with Gasteiger partial charge in [0, 0.05) is 12.5 Å². The number of hydrogen-bond acceptors (Lipinski definition) is 6. The van der Waals surface area contributed by atoms with Crippen molar-refractivity contribution in [2.45, 2.75) is 37.1 Å². The van der Waals surface area contributed by atoms with Crippen LogP contribution in [-0.2, 0) is 24.4 Å². The second-order valence-electron chi connectivity index (χ2n) is 6.93. The first-order valence-electron chi connectivity index (χ1n) is 9.25. The van der Waals surface area contributed by atoms with Gasteiger partial charge in [-0.3, -0.25) is 14.4 Å². The molecule has 1 heterocycles. The molecule has 2 rings (SSSR count). The van der Waals surface area contributed by atoms with Crippen LogP contribution in [0.1, 0.15) is 26.2 Å². The van der Waals surface area contributed by atoms with Crippen LogP contribution in [0.2, 0.25) is 0 Å². The number of carbonyl (C=O) groups excluding carboxylic acids is 3. The number of nitrogens with two attached hydrogens (primary N) is 1. The lowest BCUT2D eigenvalue weighted by atomic mass is 10.0. The Balaban J connectivity index is 2.00. The molecule has 3 N–H and O–H groups in total. The van der Waals surface area contributed by atoms with Gasteiger partial charge in [0.1, 0.15) is 5.75 Å². The molecule has 0 saturated carbocycles. The van der Waals surface area contributed by atoms with Gasteiger partial charge in [0.15, 0.2) is 5.78 Å². The van der Waals surface area contributed by atoms with Crippen molar-refractivity contribution in [2.24, 2.45) is 11.7 Å². The summed E-state index contributed by atoms with van der Waals surface area (Å²) in [7, 11) is -2.36. The number of carbonyl (C=O) groups is 3. The fourth-order valence-electron chi connectivity index (χ4n) is 2.88. The van der Waals surface area contributed by atoms with E-state index in [2.05, 4.69) is 5.32 Å². The molecule has 1 aromatic rings. The summed E-state index contributed by atoms with van der Waals surface area (Å²) < 4.78 is 31.9. The van der Waals surface area contributed by atoms with Gasteiger partial charge in [-0.25, -0.2) is 8.42 Å². The summed E-state index contributed by atoms with van der Waals surface area (Å²) in [6.07, 6.45) is 2.20. The van der Waals surface area contributed by atoms with Gasteiger partial charge in [-0.15, -0.1) is 0 Å². The molecule has 1 saturated heterocycles. The van der Waals surface area contributed by atoms with Crippen LogP contribution in [-0.4, -0.2) is 56.6 Å². The van der Waals surface area contributed by atoms with Crippen LogP contribution in [0, 0.1) is 12.3 Å². The van der Waals surface area contributed by atoms with Crippen LogP contribution >= 0.6 is 0 Å². The lowest BCUT2D eigenvalue weighted by Gasteiger charge is -2.20. The Morgan fingerprint density at radius 2 is 2.00 bits per heavy atom. The van der Waals surface area contributed by atoms with Gasteiger partial charge in [0.2, 0.25) is 21.8 Å². The highest BCUT2D eigenvalue weighted by Gasteiger charge is 2.33. The van der Waals surface area contributed by atoms with Crippen LogP contribution in [0.4, 0.5) is 0 Å². The molecule has 1 unspecified atom stereocenters. The van der Waals surface area contributed by atoms with E-state index in [1.54, 1.807) is 19.1 Å². The third-order valence-corrected chi connectivity index (χ3v) is 6.64. The normalized spacial score (nSPS) is 19.2. The van der Waals surface area contributed by atoms with E-state index < -0.39 is 33.8 Å². The summed E-state index contributed by atoms with van der Waals surface area (Å²) in [5, 5.41) is 2.60. The summed E-state index contributed by atoms with van der Waals surface area (Å²) in [6, 6.07) is 5.16. The molecule has 9 nitrogen and oxygen atoms in total. The summed E-state index contributed by atoms with van der Waals surface area (Å²) in [4.78, 5) is 35.7. The molecule has 1 fully saturated rings. The molecule has 2 atom stereocenters. The Labute approximate surface area is 170 Å². The molecule has 0 bridgehead atoms. The van der Waals surface area contributed by atoms with Crippen molar-refractivity contribution >= 4 is 27.6 Å². The first-order chi connectivity index (χ1) is 13.6.